The van der Waals surface area contributed by atoms with Crippen molar-refractivity contribution in [2.24, 2.45) is 11.8 Å². The van der Waals surface area contributed by atoms with Crippen molar-refractivity contribution in [2.45, 2.75) is 108 Å². The van der Waals surface area contributed by atoms with Gasteiger partial charge in [-0.1, -0.05) is 39.0 Å². The highest BCUT2D eigenvalue weighted by atomic mass is 16.6. The molecule has 6 atom stereocenters. The molecule has 3 fully saturated rings. The van der Waals surface area contributed by atoms with Crippen molar-refractivity contribution in [2.75, 3.05) is 6.54 Å². The monoisotopic (exact) mass is 481 g/mol. The minimum Gasteiger partial charge on any atom is -0.479 e. The van der Waals surface area contributed by atoms with Gasteiger partial charge in [-0.25, -0.2) is 9.59 Å². The third-order valence-electron chi connectivity index (χ3n) is 7.19. The summed E-state index contributed by atoms with van der Waals surface area (Å²) < 4.78 is 5.32. The molecule has 10 nitrogen and oxygen atoms in total. The van der Waals surface area contributed by atoms with E-state index in [-0.39, 0.29) is 24.8 Å². The maximum Gasteiger partial charge on any atom is 0.408 e. The van der Waals surface area contributed by atoms with Gasteiger partial charge in [-0.3, -0.25) is 9.59 Å². The van der Waals surface area contributed by atoms with Crippen LogP contribution in [0.4, 0.5) is 4.79 Å². The van der Waals surface area contributed by atoms with Crippen molar-refractivity contribution < 1.29 is 34.1 Å². The number of nitrogens with one attached hydrogen (secondary N) is 2. The average Bonchev–Trinajstić information content (AvgIpc) is 3.32. The molecule has 0 bridgehead atoms. The number of carbonyl (C=O) groups is 4. The maximum absolute atomic E-state index is 13.5. The Kier molecular flexibility index (Phi) is 7.79. The van der Waals surface area contributed by atoms with Gasteiger partial charge in [-0.2, -0.15) is 0 Å². The molecule has 10 heteroatoms. The quantitative estimate of drug-likeness (QED) is 0.470. The first-order valence-corrected chi connectivity index (χ1v) is 12.4. The number of carbonyl (C=O) groups excluding carboxylic acids is 3. The van der Waals surface area contributed by atoms with E-state index in [0.717, 1.165) is 25.7 Å². The third-order valence-corrected chi connectivity index (χ3v) is 7.19. The largest absolute Gasteiger partial charge is 0.479 e. The van der Waals surface area contributed by atoms with Crippen LogP contribution in [0.3, 0.4) is 0 Å². The minimum absolute atomic E-state index is 0.0205. The number of rotatable bonds is 2. The normalized spacial score (nSPS) is 35.2. The van der Waals surface area contributed by atoms with E-state index in [9.17, 15) is 29.4 Å². The lowest BCUT2D eigenvalue weighted by atomic mass is 9.94. The van der Waals surface area contributed by atoms with Crippen molar-refractivity contribution in [3.8, 4) is 0 Å². The zero-order valence-electron chi connectivity index (χ0n) is 20.6. The highest BCUT2D eigenvalue weighted by Gasteiger charge is 2.64. The van der Waals surface area contributed by atoms with Gasteiger partial charge in [-0.15, -0.1) is 0 Å². The van der Waals surface area contributed by atoms with E-state index in [1.807, 2.05) is 6.92 Å². The molecule has 2 saturated heterocycles. The first-order chi connectivity index (χ1) is 15.8. The van der Waals surface area contributed by atoms with Crippen LogP contribution in [0.2, 0.25) is 0 Å². The Labute approximate surface area is 200 Å². The second-order valence-electron chi connectivity index (χ2n) is 11.1. The van der Waals surface area contributed by atoms with Crippen molar-refractivity contribution in [3.05, 3.63) is 0 Å². The summed E-state index contributed by atoms with van der Waals surface area (Å²) in [5.74, 6) is -2.12. The van der Waals surface area contributed by atoms with Crippen LogP contribution >= 0.6 is 0 Å². The molecule has 3 amide bonds. The summed E-state index contributed by atoms with van der Waals surface area (Å²) in [6.07, 6.45) is 3.44. The van der Waals surface area contributed by atoms with E-state index in [4.69, 9.17) is 4.74 Å². The van der Waals surface area contributed by atoms with E-state index in [0.29, 0.717) is 19.3 Å². The summed E-state index contributed by atoms with van der Waals surface area (Å²) in [5, 5.41) is 25.5. The Bertz CT molecular complexity index is 811. The first-order valence-electron chi connectivity index (χ1n) is 12.4. The molecule has 1 unspecified atom stereocenters. The lowest BCUT2D eigenvalue weighted by molar-refractivity contribution is -0.146. The number of carboxylic acids is 1. The fourth-order valence-corrected chi connectivity index (χ4v) is 5.30. The van der Waals surface area contributed by atoms with Gasteiger partial charge in [-0.05, 0) is 45.4 Å². The smallest absolute Gasteiger partial charge is 0.408 e. The summed E-state index contributed by atoms with van der Waals surface area (Å²) >= 11 is 0. The number of fused-ring (bicyclic) bond motifs is 2. The number of aliphatic hydroxyl groups is 1. The molecule has 34 heavy (non-hydrogen) atoms. The molecule has 192 valence electrons. The molecule has 3 aliphatic rings. The van der Waals surface area contributed by atoms with Crippen molar-refractivity contribution >= 4 is 23.9 Å². The second kappa shape index (κ2) is 10.1. The van der Waals surface area contributed by atoms with Gasteiger partial charge in [0.15, 0.2) is 0 Å². The van der Waals surface area contributed by atoms with Gasteiger partial charge >= 0.3 is 12.1 Å². The van der Waals surface area contributed by atoms with Crippen LogP contribution in [0.25, 0.3) is 0 Å². The lowest BCUT2D eigenvalue weighted by Gasteiger charge is -2.30. The van der Waals surface area contributed by atoms with Crippen LogP contribution in [-0.4, -0.2) is 74.9 Å². The molecule has 2 heterocycles. The molecule has 0 aromatic carbocycles. The number of aliphatic hydroxyl groups excluding tert-OH is 1. The highest BCUT2D eigenvalue weighted by molar-refractivity contribution is 5.95. The Morgan fingerprint density at radius 2 is 1.79 bits per heavy atom. The number of hydrogen-bond acceptors (Lipinski definition) is 6. The molecule has 3 rings (SSSR count). The third kappa shape index (κ3) is 6.00. The van der Waals surface area contributed by atoms with Gasteiger partial charge in [0.1, 0.15) is 23.2 Å². The van der Waals surface area contributed by atoms with E-state index in [2.05, 4.69) is 10.6 Å². The number of aliphatic carboxylic acids is 1. The fraction of sp³-hybridized carbons (Fsp3) is 0.833. The lowest BCUT2D eigenvalue weighted by Crippen LogP contribution is -2.56. The van der Waals surface area contributed by atoms with E-state index < -0.39 is 53.2 Å². The Morgan fingerprint density at radius 3 is 2.41 bits per heavy atom. The number of carboxylic acid groups (broad SMARTS) is 1. The van der Waals surface area contributed by atoms with E-state index in [1.54, 1.807) is 20.8 Å². The number of hydrogen-bond donors (Lipinski definition) is 4. The molecule has 0 aromatic rings. The number of alkyl carbamates (subject to hydrolysis) is 1. The van der Waals surface area contributed by atoms with Gasteiger partial charge in [0.2, 0.25) is 11.8 Å². The zero-order valence-corrected chi connectivity index (χ0v) is 20.6. The van der Waals surface area contributed by atoms with Crippen molar-refractivity contribution in [1.29, 1.82) is 0 Å². The number of amides is 3. The number of nitrogens with zero attached hydrogens (tertiary/aromatic N) is 1. The summed E-state index contributed by atoms with van der Waals surface area (Å²) in [7, 11) is 0. The molecular formula is C24H39N3O7. The predicted molar refractivity (Wildman–Crippen MR) is 123 cm³/mol. The van der Waals surface area contributed by atoms with Crippen molar-refractivity contribution in [3.63, 3.8) is 0 Å². The minimum atomic E-state index is -1.33. The van der Waals surface area contributed by atoms with Gasteiger partial charge < -0.3 is 30.5 Å². The summed E-state index contributed by atoms with van der Waals surface area (Å²) in [5.41, 5.74) is -2.06. The standard InChI is InChI=1S/C24H39N3O7/c1-14-9-7-5-6-8-10-17(25-22(33)34-23(2,3)4)20(30)27-13-15(28)11-18(27)19(29)26-24(21(31)32)12-16(14)24/h14-18,28H,5-13H2,1-4H3,(H,25,33)(H,26,29)(H,31,32)/t14?,15-,16+,17+,18+,24-/m1/s1. The van der Waals surface area contributed by atoms with Gasteiger partial charge in [0.25, 0.3) is 0 Å². The molecule has 1 saturated carbocycles. The highest BCUT2D eigenvalue weighted by Crippen LogP contribution is 2.50. The van der Waals surface area contributed by atoms with Crippen LogP contribution in [0, 0.1) is 11.8 Å². The maximum atomic E-state index is 13.5. The van der Waals surface area contributed by atoms with Crippen LogP contribution in [-0.2, 0) is 19.1 Å². The van der Waals surface area contributed by atoms with Gasteiger partial charge in [0.05, 0.1) is 6.10 Å². The Morgan fingerprint density at radius 1 is 1.15 bits per heavy atom. The number of ether oxygens (including phenoxy) is 1. The topological polar surface area (TPSA) is 145 Å². The Balaban J connectivity index is 1.83. The fourth-order valence-electron chi connectivity index (χ4n) is 5.30. The molecule has 0 radical (unpaired) electrons. The Hall–Kier alpha value is -2.36. The summed E-state index contributed by atoms with van der Waals surface area (Å²) in [6.45, 7) is 7.16. The van der Waals surface area contributed by atoms with Crippen molar-refractivity contribution in [1.82, 2.24) is 15.5 Å². The van der Waals surface area contributed by atoms with Crippen LogP contribution in [0.1, 0.15) is 79.1 Å². The first kappa shape index (κ1) is 26.2. The predicted octanol–water partition coefficient (Wildman–Crippen LogP) is 1.79. The van der Waals surface area contributed by atoms with Gasteiger partial charge in [0, 0.05) is 13.0 Å². The SMILES string of the molecule is CC1CCCCCC[C@H](NC(=O)OC(C)(C)C)C(=O)N2C[C@H](O)C[C@H]2C(=O)N[C@]2(C(=O)O)C[C@@H]12. The molecular weight excluding hydrogens is 442 g/mol. The molecule has 2 aliphatic heterocycles. The molecule has 4 N–H and O–H groups in total. The molecule has 0 spiro atoms. The summed E-state index contributed by atoms with van der Waals surface area (Å²) in [6, 6.07) is -1.90. The van der Waals surface area contributed by atoms with Crippen LogP contribution < -0.4 is 10.6 Å². The zero-order chi connectivity index (χ0) is 25.3. The summed E-state index contributed by atoms with van der Waals surface area (Å²) in [4.78, 5) is 52.5. The molecule has 0 aromatic heterocycles. The average molecular weight is 482 g/mol. The second-order valence-corrected chi connectivity index (χ2v) is 11.1. The molecule has 1 aliphatic carbocycles. The van der Waals surface area contributed by atoms with Crippen LogP contribution in [0.15, 0.2) is 0 Å². The van der Waals surface area contributed by atoms with Crippen LogP contribution in [0.5, 0.6) is 0 Å². The van der Waals surface area contributed by atoms with E-state index >= 15 is 0 Å². The van der Waals surface area contributed by atoms with E-state index in [1.165, 1.54) is 4.90 Å².